The van der Waals surface area contributed by atoms with Gasteiger partial charge >= 0.3 is 0 Å². The number of para-hydroxylation sites is 2. The first-order valence-corrected chi connectivity index (χ1v) is 15.7. The summed E-state index contributed by atoms with van der Waals surface area (Å²) in [6.45, 7) is 3.54. The van der Waals surface area contributed by atoms with E-state index in [-0.39, 0.29) is 23.9 Å². The third kappa shape index (κ3) is 7.13. The number of ether oxygens (including phenoxy) is 1. The molecule has 0 radical (unpaired) electrons. The molecule has 9 heteroatoms. The number of hydrogen-bond acceptors (Lipinski definition) is 5. The zero-order chi connectivity index (χ0) is 30.4. The molecule has 8 nitrogen and oxygen atoms in total. The molecular formula is C34H35N3O5S. The zero-order valence-electron chi connectivity index (χ0n) is 24.3. The van der Waals surface area contributed by atoms with Crippen molar-refractivity contribution >= 4 is 27.5 Å². The van der Waals surface area contributed by atoms with E-state index >= 15 is 0 Å². The van der Waals surface area contributed by atoms with Crippen molar-refractivity contribution in [2.45, 2.75) is 37.8 Å². The first-order chi connectivity index (χ1) is 20.7. The quantitative estimate of drug-likeness (QED) is 0.287. The van der Waals surface area contributed by atoms with Crippen molar-refractivity contribution in [2.24, 2.45) is 0 Å². The van der Waals surface area contributed by atoms with Gasteiger partial charge in [-0.05, 0) is 60.7 Å². The van der Waals surface area contributed by atoms with Gasteiger partial charge in [-0.2, -0.15) is 4.31 Å². The fraction of sp³-hybridized carbons (Fsp3) is 0.235. The van der Waals surface area contributed by atoms with E-state index in [9.17, 15) is 18.0 Å². The van der Waals surface area contributed by atoms with Crippen LogP contribution in [0.2, 0.25) is 0 Å². The lowest BCUT2D eigenvalue weighted by molar-refractivity contribution is -0.128. The number of nitrogens with one attached hydrogen (secondary N) is 1. The van der Waals surface area contributed by atoms with Crippen molar-refractivity contribution in [3.63, 3.8) is 0 Å². The van der Waals surface area contributed by atoms with Crippen molar-refractivity contribution in [3.8, 4) is 5.75 Å². The molecule has 4 aromatic rings. The minimum absolute atomic E-state index is 0.0116. The first kappa shape index (κ1) is 30.0. The summed E-state index contributed by atoms with van der Waals surface area (Å²) in [7, 11) is -4.06. The molecule has 0 saturated carbocycles. The molecule has 1 aliphatic rings. The number of carbonyl (C=O) groups is 2. The number of anilines is 1. The van der Waals surface area contributed by atoms with Crippen LogP contribution in [0.4, 0.5) is 5.69 Å². The monoisotopic (exact) mass is 597 g/mol. The van der Waals surface area contributed by atoms with Gasteiger partial charge in [0, 0.05) is 13.1 Å². The smallest absolute Gasteiger partial charge is 0.262 e. The van der Waals surface area contributed by atoms with Gasteiger partial charge in [-0.15, -0.1) is 0 Å². The fourth-order valence-corrected chi connectivity index (χ4v) is 6.76. The van der Waals surface area contributed by atoms with Crippen molar-refractivity contribution < 1.29 is 22.7 Å². The predicted molar refractivity (Wildman–Crippen MR) is 166 cm³/mol. The Balaban J connectivity index is 1.39. The van der Waals surface area contributed by atoms with Crippen molar-refractivity contribution in [3.05, 3.63) is 125 Å². The first-order valence-electron chi connectivity index (χ1n) is 14.2. The summed E-state index contributed by atoms with van der Waals surface area (Å²) in [6, 6.07) is 31.2. The Morgan fingerprint density at radius 2 is 1.53 bits per heavy atom. The van der Waals surface area contributed by atoms with Gasteiger partial charge in [0.25, 0.3) is 5.91 Å². The van der Waals surface area contributed by atoms with E-state index in [2.05, 4.69) is 5.32 Å². The van der Waals surface area contributed by atoms with Crippen molar-refractivity contribution in [1.82, 2.24) is 9.62 Å². The van der Waals surface area contributed by atoms with Crippen molar-refractivity contribution in [2.75, 3.05) is 24.5 Å². The van der Waals surface area contributed by atoms with Crippen LogP contribution in [0.15, 0.2) is 108 Å². The lowest BCUT2D eigenvalue weighted by atomic mass is 10.1. The molecule has 2 amide bonds. The van der Waals surface area contributed by atoms with Crippen LogP contribution in [0, 0.1) is 13.8 Å². The highest BCUT2D eigenvalue weighted by molar-refractivity contribution is 7.89. The van der Waals surface area contributed by atoms with Crippen LogP contribution in [0.1, 0.15) is 22.3 Å². The number of fused-ring (bicyclic) bond motifs is 1. The number of amides is 2. The van der Waals surface area contributed by atoms with Crippen LogP contribution in [0.5, 0.6) is 5.75 Å². The predicted octanol–water partition coefficient (Wildman–Crippen LogP) is 4.65. The van der Waals surface area contributed by atoms with Crippen LogP contribution < -0.4 is 15.0 Å². The van der Waals surface area contributed by atoms with Gasteiger partial charge in [0.05, 0.1) is 23.7 Å². The van der Waals surface area contributed by atoms with Gasteiger partial charge in [-0.25, -0.2) is 8.42 Å². The molecule has 1 unspecified atom stereocenters. The van der Waals surface area contributed by atoms with Gasteiger partial charge in [0.15, 0.2) is 6.10 Å². The number of aryl methyl sites for hydroxylation is 2. The standard InChI is InChI=1S/C34H35N3O5S/c1-25-17-18-26(2)32(21-25)43(40,41)36(22-28-13-7-4-8-14-28)24-33(38)37-23-31(42-30-16-10-9-15-29(30)37)34(39)35-20-19-27-11-5-3-6-12-27/h3-18,21,31H,19-20,22-24H2,1-2H3,(H,35,39). The number of rotatable bonds is 10. The maximum atomic E-state index is 14.0. The van der Waals surface area contributed by atoms with Gasteiger partial charge < -0.3 is 15.0 Å². The van der Waals surface area contributed by atoms with Crippen LogP contribution in [0.3, 0.4) is 0 Å². The Morgan fingerprint density at radius 1 is 0.884 bits per heavy atom. The topological polar surface area (TPSA) is 96.0 Å². The van der Waals surface area contributed by atoms with Crippen LogP contribution >= 0.6 is 0 Å². The Bertz CT molecular complexity index is 1690. The SMILES string of the molecule is Cc1ccc(C)c(S(=O)(=O)N(CC(=O)N2CC(C(=O)NCCc3ccccc3)Oc3ccccc32)Cc2ccccc2)c1. The summed E-state index contributed by atoms with van der Waals surface area (Å²) in [6.07, 6.45) is -0.295. The summed E-state index contributed by atoms with van der Waals surface area (Å²) < 4.78 is 35.3. The molecular weight excluding hydrogens is 562 g/mol. The minimum atomic E-state index is -4.06. The van der Waals surface area contributed by atoms with Crippen LogP contribution in [-0.4, -0.2) is 50.3 Å². The molecule has 0 saturated heterocycles. The molecule has 1 heterocycles. The molecule has 5 rings (SSSR count). The number of carbonyl (C=O) groups excluding carboxylic acids is 2. The molecule has 1 aliphatic heterocycles. The second-order valence-electron chi connectivity index (χ2n) is 10.6. The van der Waals surface area contributed by atoms with Crippen LogP contribution in [0.25, 0.3) is 0 Å². The van der Waals surface area contributed by atoms with Gasteiger partial charge in [0.2, 0.25) is 15.9 Å². The second kappa shape index (κ2) is 13.2. The van der Waals surface area contributed by atoms with E-state index in [1.54, 1.807) is 43.3 Å². The molecule has 0 fully saturated rings. The number of benzene rings is 4. The van der Waals surface area contributed by atoms with Gasteiger partial charge in [-0.3, -0.25) is 9.59 Å². The molecule has 222 valence electrons. The fourth-order valence-electron chi connectivity index (χ4n) is 5.07. The highest BCUT2D eigenvalue weighted by atomic mass is 32.2. The maximum absolute atomic E-state index is 14.0. The highest BCUT2D eigenvalue weighted by Gasteiger charge is 2.36. The van der Waals surface area contributed by atoms with Gasteiger partial charge in [-0.1, -0.05) is 84.9 Å². The van der Waals surface area contributed by atoms with Crippen LogP contribution in [-0.2, 0) is 32.6 Å². The Morgan fingerprint density at radius 3 is 2.26 bits per heavy atom. The largest absolute Gasteiger partial charge is 0.477 e. The lowest BCUT2D eigenvalue weighted by Gasteiger charge is -2.35. The summed E-state index contributed by atoms with van der Waals surface area (Å²) in [5, 5.41) is 2.91. The Labute approximate surface area is 253 Å². The van der Waals surface area contributed by atoms with E-state index in [4.69, 9.17) is 4.74 Å². The molecule has 1 atom stereocenters. The van der Waals surface area contributed by atoms with E-state index in [1.165, 1.54) is 9.21 Å². The average Bonchev–Trinajstić information content (AvgIpc) is 3.02. The van der Waals surface area contributed by atoms with Crippen molar-refractivity contribution in [1.29, 1.82) is 0 Å². The second-order valence-corrected chi connectivity index (χ2v) is 12.5. The van der Waals surface area contributed by atoms with E-state index in [1.807, 2.05) is 73.7 Å². The molecule has 0 spiro atoms. The zero-order valence-corrected chi connectivity index (χ0v) is 25.1. The third-order valence-electron chi connectivity index (χ3n) is 7.40. The maximum Gasteiger partial charge on any atom is 0.262 e. The highest BCUT2D eigenvalue weighted by Crippen LogP contribution is 2.34. The summed E-state index contributed by atoms with van der Waals surface area (Å²) in [4.78, 5) is 28.8. The summed E-state index contributed by atoms with van der Waals surface area (Å²) in [5.41, 5.74) is 3.74. The van der Waals surface area contributed by atoms with E-state index in [0.29, 0.717) is 30.0 Å². The Hall–Kier alpha value is -4.47. The molecule has 0 aromatic heterocycles. The van der Waals surface area contributed by atoms with E-state index in [0.717, 1.165) is 16.7 Å². The minimum Gasteiger partial charge on any atom is -0.477 e. The molecule has 1 N–H and O–H groups in total. The lowest BCUT2D eigenvalue weighted by Crippen LogP contribution is -2.53. The van der Waals surface area contributed by atoms with Gasteiger partial charge in [0.1, 0.15) is 5.75 Å². The molecule has 4 aromatic carbocycles. The molecule has 43 heavy (non-hydrogen) atoms. The average molecular weight is 598 g/mol. The number of hydrogen-bond donors (Lipinski definition) is 1. The molecule has 0 bridgehead atoms. The summed E-state index contributed by atoms with van der Waals surface area (Å²) >= 11 is 0. The molecule has 0 aliphatic carbocycles. The Kier molecular flexibility index (Phi) is 9.23. The third-order valence-corrected chi connectivity index (χ3v) is 9.33. The summed E-state index contributed by atoms with van der Waals surface area (Å²) in [5.74, 6) is -0.410. The van der Waals surface area contributed by atoms with E-state index < -0.39 is 28.6 Å². The number of nitrogens with zero attached hydrogens (tertiary/aromatic N) is 2. The number of sulfonamides is 1. The normalized spacial score (nSPS) is 14.6.